The van der Waals surface area contributed by atoms with Crippen molar-refractivity contribution in [3.8, 4) is 17.2 Å². The van der Waals surface area contributed by atoms with Gasteiger partial charge in [-0.2, -0.15) is 0 Å². The van der Waals surface area contributed by atoms with Gasteiger partial charge in [0.2, 0.25) is 0 Å². The molecule has 0 aliphatic carbocycles. The summed E-state index contributed by atoms with van der Waals surface area (Å²) in [7, 11) is 3.89. The van der Waals surface area contributed by atoms with Crippen LogP contribution in [-0.4, -0.2) is 30.3 Å². The molecular formula is C26H23NO4. The Labute approximate surface area is 181 Å². The molecule has 0 fully saturated rings. The number of carbonyl (C=O) groups excluding carboxylic acids is 1. The highest BCUT2D eigenvalue weighted by Gasteiger charge is 2.26. The fourth-order valence-corrected chi connectivity index (χ4v) is 3.75. The van der Waals surface area contributed by atoms with Gasteiger partial charge in [0.1, 0.15) is 5.75 Å². The zero-order valence-electron chi connectivity index (χ0n) is 17.4. The van der Waals surface area contributed by atoms with Gasteiger partial charge in [0.15, 0.2) is 11.5 Å². The van der Waals surface area contributed by atoms with E-state index in [1.54, 1.807) is 30.3 Å². The van der Waals surface area contributed by atoms with E-state index in [2.05, 4.69) is 0 Å². The number of phenolic OH excluding ortho intramolecular Hbond substituents is 1. The van der Waals surface area contributed by atoms with Gasteiger partial charge in [0.05, 0.1) is 6.04 Å². The van der Waals surface area contributed by atoms with Crippen LogP contribution in [0.2, 0.25) is 0 Å². The lowest BCUT2D eigenvalue weighted by atomic mass is 9.91. The van der Waals surface area contributed by atoms with Crippen LogP contribution in [0.15, 0.2) is 91.0 Å². The molecule has 0 amide bonds. The Morgan fingerprint density at radius 1 is 0.839 bits per heavy atom. The molecule has 1 unspecified atom stereocenters. The predicted octanol–water partition coefficient (Wildman–Crippen LogP) is 5.77. The average molecular weight is 413 g/mol. The minimum absolute atomic E-state index is 0.0532. The molecule has 0 bridgehead atoms. The molecule has 4 aromatic carbocycles. The first-order chi connectivity index (χ1) is 15.0. The molecule has 0 aliphatic rings. The molecule has 4 rings (SSSR count). The number of hydrogen-bond donors (Lipinski definition) is 1. The highest BCUT2D eigenvalue weighted by Crippen LogP contribution is 2.44. The van der Waals surface area contributed by atoms with Gasteiger partial charge in [-0.1, -0.05) is 72.8 Å². The van der Waals surface area contributed by atoms with Crippen molar-refractivity contribution in [1.82, 2.24) is 4.90 Å². The smallest absolute Gasteiger partial charge is 0.504 e. The molecule has 0 saturated heterocycles. The largest absolute Gasteiger partial charge is 0.519 e. The summed E-state index contributed by atoms with van der Waals surface area (Å²) < 4.78 is 10.7. The van der Waals surface area contributed by atoms with Gasteiger partial charge < -0.3 is 14.6 Å². The number of phenols is 1. The van der Waals surface area contributed by atoms with E-state index in [-0.39, 0.29) is 17.5 Å². The molecule has 0 radical (unpaired) electrons. The van der Waals surface area contributed by atoms with Crippen molar-refractivity contribution in [2.75, 3.05) is 14.1 Å². The van der Waals surface area contributed by atoms with Crippen LogP contribution in [0, 0.1) is 0 Å². The Balaban J connectivity index is 1.79. The van der Waals surface area contributed by atoms with Crippen molar-refractivity contribution in [2.24, 2.45) is 0 Å². The quantitative estimate of drug-likeness (QED) is 0.332. The van der Waals surface area contributed by atoms with E-state index < -0.39 is 6.16 Å². The van der Waals surface area contributed by atoms with Crippen LogP contribution in [0.5, 0.6) is 17.2 Å². The maximum Gasteiger partial charge on any atom is 0.519 e. The first-order valence-corrected chi connectivity index (χ1v) is 9.95. The molecule has 4 aromatic rings. The van der Waals surface area contributed by atoms with Crippen molar-refractivity contribution >= 4 is 16.9 Å². The maximum atomic E-state index is 12.4. The second kappa shape index (κ2) is 8.90. The Hall–Kier alpha value is -3.83. The van der Waals surface area contributed by atoms with Crippen molar-refractivity contribution in [3.05, 3.63) is 102 Å². The van der Waals surface area contributed by atoms with E-state index in [4.69, 9.17) is 9.47 Å². The average Bonchev–Trinajstić information content (AvgIpc) is 2.77. The van der Waals surface area contributed by atoms with Crippen LogP contribution in [-0.2, 0) is 0 Å². The molecule has 1 atom stereocenters. The number of aromatic hydroxyl groups is 1. The Morgan fingerprint density at radius 2 is 1.45 bits per heavy atom. The Morgan fingerprint density at radius 3 is 2.13 bits per heavy atom. The number of benzene rings is 4. The number of nitrogens with zero attached hydrogens (tertiary/aromatic N) is 1. The SMILES string of the molecule is CN(C)C(c1ccccc1)c1c(O)c(OC(=O)Oc2ccccc2)cc2ccccc12. The number of fused-ring (bicyclic) bond motifs is 1. The molecule has 0 heterocycles. The normalized spacial score (nSPS) is 12.0. The summed E-state index contributed by atoms with van der Waals surface area (Å²) in [5.41, 5.74) is 1.67. The minimum atomic E-state index is -0.913. The summed E-state index contributed by atoms with van der Waals surface area (Å²) in [6.07, 6.45) is -0.913. The number of para-hydroxylation sites is 1. The van der Waals surface area contributed by atoms with Gasteiger partial charge in [0.25, 0.3) is 0 Å². The van der Waals surface area contributed by atoms with Crippen molar-refractivity contribution in [1.29, 1.82) is 0 Å². The first-order valence-electron chi connectivity index (χ1n) is 9.95. The van der Waals surface area contributed by atoms with Gasteiger partial charge in [-0.15, -0.1) is 0 Å². The number of carbonyl (C=O) groups is 1. The van der Waals surface area contributed by atoms with Crippen LogP contribution < -0.4 is 9.47 Å². The summed E-state index contributed by atoms with van der Waals surface area (Å²) in [6.45, 7) is 0. The Kier molecular flexibility index (Phi) is 5.87. The zero-order valence-corrected chi connectivity index (χ0v) is 17.4. The molecule has 31 heavy (non-hydrogen) atoms. The van der Waals surface area contributed by atoms with E-state index in [1.807, 2.05) is 79.7 Å². The molecule has 5 heteroatoms. The van der Waals surface area contributed by atoms with Gasteiger partial charge in [0, 0.05) is 5.56 Å². The lowest BCUT2D eigenvalue weighted by Gasteiger charge is -2.28. The molecule has 0 saturated carbocycles. The van der Waals surface area contributed by atoms with E-state index in [0.717, 1.165) is 16.3 Å². The standard InChI is InChI=1S/C26H23NO4/c1-27(2)24(18-11-5-3-6-12-18)23-21-16-10-9-13-19(21)17-22(25(23)28)31-26(29)30-20-14-7-4-8-15-20/h3-17,24,28H,1-2H3. The van der Waals surface area contributed by atoms with E-state index in [0.29, 0.717) is 11.3 Å². The first kappa shape index (κ1) is 20.4. The number of rotatable bonds is 5. The zero-order chi connectivity index (χ0) is 21.8. The molecule has 1 N–H and O–H groups in total. The molecule has 5 nitrogen and oxygen atoms in total. The molecule has 156 valence electrons. The molecule has 0 spiro atoms. The fraction of sp³-hybridized carbons (Fsp3) is 0.115. The second-order valence-corrected chi connectivity index (χ2v) is 7.40. The number of ether oxygens (including phenoxy) is 2. The van der Waals surface area contributed by atoms with Crippen molar-refractivity contribution in [2.45, 2.75) is 6.04 Å². The Bertz CT molecular complexity index is 1190. The highest BCUT2D eigenvalue weighted by atomic mass is 16.7. The van der Waals surface area contributed by atoms with Crippen LogP contribution in [0.1, 0.15) is 17.2 Å². The maximum absolute atomic E-state index is 12.4. The lowest BCUT2D eigenvalue weighted by Crippen LogP contribution is -2.22. The van der Waals surface area contributed by atoms with Gasteiger partial charge in [-0.05, 0) is 48.6 Å². The predicted molar refractivity (Wildman–Crippen MR) is 121 cm³/mol. The molecule has 0 aromatic heterocycles. The third-order valence-corrected chi connectivity index (χ3v) is 5.07. The second-order valence-electron chi connectivity index (χ2n) is 7.40. The monoisotopic (exact) mass is 413 g/mol. The molecule has 0 aliphatic heterocycles. The third-order valence-electron chi connectivity index (χ3n) is 5.07. The summed E-state index contributed by atoms with van der Waals surface area (Å²) in [4.78, 5) is 14.4. The van der Waals surface area contributed by atoms with E-state index in [1.165, 1.54) is 0 Å². The van der Waals surface area contributed by atoms with Crippen molar-refractivity contribution < 1.29 is 19.4 Å². The van der Waals surface area contributed by atoms with Gasteiger partial charge in [-0.25, -0.2) is 4.79 Å². The van der Waals surface area contributed by atoms with Crippen LogP contribution in [0.4, 0.5) is 4.79 Å². The topological polar surface area (TPSA) is 59.0 Å². The van der Waals surface area contributed by atoms with Crippen LogP contribution in [0.3, 0.4) is 0 Å². The van der Waals surface area contributed by atoms with E-state index >= 15 is 0 Å². The summed E-state index contributed by atoms with van der Waals surface area (Å²) in [6, 6.07) is 27.7. The summed E-state index contributed by atoms with van der Waals surface area (Å²) in [5.74, 6) is 0.326. The molecular weight excluding hydrogens is 390 g/mol. The number of hydrogen-bond acceptors (Lipinski definition) is 5. The van der Waals surface area contributed by atoms with Crippen LogP contribution >= 0.6 is 0 Å². The highest BCUT2D eigenvalue weighted by molar-refractivity contribution is 5.91. The van der Waals surface area contributed by atoms with Gasteiger partial charge in [-0.3, -0.25) is 4.90 Å². The third kappa shape index (κ3) is 4.37. The fourth-order valence-electron chi connectivity index (χ4n) is 3.75. The van der Waals surface area contributed by atoms with E-state index in [9.17, 15) is 9.90 Å². The summed E-state index contributed by atoms with van der Waals surface area (Å²) >= 11 is 0. The lowest BCUT2D eigenvalue weighted by molar-refractivity contribution is 0.150. The van der Waals surface area contributed by atoms with Gasteiger partial charge >= 0.3 is 6.16 Å². The van der Waals surface area contributed by atoms with Crippen LogP contribution in [0.25, 0.3) is 10.8 Å². The minimum Gasteiger partial charge on any atom is -0.504 e. The summed E-state index contributed by atoms with van der Waals surface area (Å²) in [5, 5.41) is 13.0. The van der Waals surface area contributed by atoms with Crippen molar-refractivity contribution in [3.63, 3.8) is 0 Å².